The van der Waals surface area contributed by atoms with E-state index in [2.05, 4.69) is 46.4 Å². The van der Waals surface area contributed by atoms with Crippen LogP contribution in [0.25, 0.3) is 0 Å². The molecule has 1 fully saturated rings. The van der Waals surface area contributed by atoms with E-state index in [1.807, 2.05) is 24.4 Å². The predicted molar refractivity (Wildman–Crippen MR) is 121 cm³/mol. The van der Waals surface area contributed by atoms with Crippen LogP contribution in [0.1, 0.15) is 55.3 Å². The summed E-state index contributed by atoms with van der Waals surface area (Å²) < 4.78 is 0. The van der Waals surface area contributed by atoms with Crippen molar-refractivity contribution in [2.75, 3.05) is 13.1 Å². The Morgan fingerprint density at radius 1 is 1.10 bits per heavy atom. The molecule has 0 bridgehead atoms. The van der Waals surface area contributed by atoms with E-state index in [1.54, 1.807) is 0 Å². The van der Waals surface area contributed by atoms with Crippen molar-refractivity contribution >= 4 is 18.3 Å². The van der Waals surface area contributed by atoms with Crippen LogP contribution in [-0.2, 0) is 17.8 Å². The highest BCUT2D eigenvalue weighted by molar-refractivity contribution is 5.85. The number of nitrogens with zero attached hydrogens (tertiary/aromatic N) is 2. The van der Waals surface area contributed by atoms with Crippen molar-refractivity contribution in [3.05, 3.63) is 65.5 Å². The van der Waals surface area contributed by atoms with Gasteiger partial charge in [-0.25, -0.2) is 0 Å². The maximum absolute atomic E-state index is 13.1. The van der Waals surface area contributed by atoms with Crippen LogP contribution in [0.4, 0.5) is 0 Å². The van der Waals surface area contributed by atoms with E-state index in [1.165, 1.54) is 11.1 Å². The molecule has 2 aromatic rings. The summed E-state index contributed by atoms with van der Waals surface area (Å²) in [6.45, 7) is 4.78. The molecule has 1 saturated heterocycles. The highest BCUT2D eigenvalue weighted by Crippen LogP contribution is 2.19. The van der Waals surface area contributed by atoms with Crippen molar-refractivity contribution in [1.29, 1.82) is 0 Å². The van der Waals surface area contributed by atoms with E-state index < -0.39 is 0 Å². The minimum Gasteiger partial charge on any atom is -0.334 e. The van der Waals surface area contributed by atoms with E-state index in [0.717, 1.165) is 57.3 Å². The number of unbranched alkanes of at least 4 members (excludes halogenated alkanes) is 1. The van der Waals surface area contributed by atoms with Crippen LogP contribution < -0.4 is 5.32 Å². The summed E-state index contributed by atoms with van der Waals surface area (Å²) in [6, 6.07) is 15.0. The number of carbonyl (C=O) groups is 1. The van der Waals surface area contributed by atoms with Crippen LogP contribution >= 0.6 is 12.4 Å². The van der Waals surface area contributed by atoms with Gasteiger partial charge in [-0.15, -0.1) is 12.4 Å². The van der Waals surface area contributed by atoms with Gasteiger partial charge in [0.25, 0.3) is 0 Å². The first-order valence-electron chi connectivity index (χ1n) is 10.7. The Morgan fingerprint density at radius 2 is 1.93 bits per heavy atom. The summed E-state index contributed by atoms with van der Waals surface area (Å²) in [7, 11) is 0. The molecule has 1 aliphatic rings. The molecule has 1 aromatic heterocycles. The number of hydrogen-bond donors (Lipinski definition) is 1. The minimum atomic E-state index is 0. The molecular weight excluding hydrogens is 382 g/mol. The van der Waals surface area contributed by atoms with Gasteiger partial charge in [0.05, 0.1) is 12.2 Å². The first-order valence-corrected chi connectivity index (χ1v) is 10.7. The molecule has 0 radical (unpaired) electrons. The highest BCUT2D eigenvalue weighted by atomic mass is 35.5. The van der Waals surface area contributed by atoms with Crippen molar-refractivity contribution in [3.63, 3.8) is 0 Å². The summed E-state index contributed by atoms with van der Waals surface area (Å²) in [5.74, 6) is 0.279. The van der Waals surface area contributed by atoms with Crippen LogP contribution in [0, 0.1) is 6.92 Å². The standard InChI is InChI=1S/C24H33N3O.ClH/c1-20-11-13-21(14-12-20)7-2-3-10-24(28)27(19-22-8-4-5-17-26-22)23-9-6-16-25-18-15-23;/h4-5,8,11-14,17,23,25H,2-3,6-7,9-10,15-16,18-19H2,1H3;1H. The topological polar surface area (TPSA) is 45.2 Å². The van der Waals surface area contributed by atoms with Crippen LogP contribution in [0.5, 0.6) is 0 Å². The lowest BCUT2D eigenvalue weighted by molar-refractivity contribution is -0.134. The van der Waals surface area contributed by atoms with E-state index in [-0.39, 0.29) is 18.3 Å². The molecule has 1 unspecified atom stereocenters. The van der Waals surface area contributed by atoms with Gasteiger partial charge >= 0.3 is 0 Å². The Bertz CT molecular complexity index is 713. The minimum absolute atomic E-state index is 0. The second kappa shape index (κ2) is 12.6. The summed E-state index contributed by atoms with van der Waals surface area (Å²) >= 11 is 0. The van der Waals surface area contributed by atoms with Crippen molar-refractivity contribution in [2.24, 2.45) is 0 Å². The number of amides is 1. The third kappa shape index (κ3) is 7.79. The number of carbonyl (C=O) groups excluding carboxylic acids is 1. The van der Waals surface area contributed by atoms with Gasteiger partial charge in [-0.3, -0.25) is 9.78 Å². The van der Waals surface area contributed by atoms with Crippen LogP contribution in [0.3, 0.4) is 0 Å². The number of aromatic nitrogens is 1. The first kappa shape index (κ1) is 23.4. The summed E-state index contributed by atoms with van der Waals surface area (Å²) in [6.07, 6.45) is 8.72. The Hall–Kier alpha value is -1.91. The number of rotatable bonds is 8. The lowest BCUT2D eigenvalue weighted by Gasteiger charge is -2.31. The van der Waals surface area contributed by atoms with Gasteiger partial charge in [-0.1, -0.05) is 35.9 Å². The molecule has 158 valence electrons. The zero-order valence-corrected chi connectivity index (χ0v) is 18.3. The van der Waals surface area contributed by atoms with Gasteiger partial charge in [0, 0.05) is 18.7 Å². The number of pyridine rings is 1. The van der Waals surface area contributed by atoms with Crippen LogP contribution in [0.15, 0.2) is 48.7 Å². The van der Waals surface area contributed by atoms with Crippen molar-refractivity contribution in [2.45, 2.75) is 64.5 Å². The third-order valence-electron chi connectivity index (χ3n) is 5.59. The van der Waals surface area contributed by atoms with E-state index in [0.29, 0.717) is 19.0 Å². The van der Waals surface area contributed by atoms with Gasteiger partial charge in [-0.2, -0.15) is 0 Å². The smallest absolute Gasteiger partial charge is 0.223 e. The fraction of sp³-hybridized carbons (Fsp3) is 0.500. The molecule has 0 spiro atoms. The molecule has 3 rings (SSSR count). The van der Waals surface area contributed by atoms with Gasteiger partial charge < -0.3 is 10.2 Å². The van der Waals surface area contributed by atoms with Crippen molar-refractivity contribution in [1.82, 2.24) is 15.2 Å². The Labute approximate surface area is 181 Å². The molecule has 1 atom stereocenters. The van der Waals surface area contributed by atoms with E-state index in [9.17, 15) is 4.79 Å². The quantitative estimate of drug-likeness (QED) is 0.636. The average molecular weight is 416 g/mol. The maximum Gasteiger partial charge on any atom is 0.223 e. The zero-order chi connectivity index (χ0) is 19.6. The third-order valence-corrected chi connectivity index (χ3v) is 5.59. The fourth-order valence-electron chi connectivity index (χ4n) is 3.90. The second-order valence-electron chi connectivity index (χ2n) is 7.87. The number of benzene rings is 1. The van der Waals surface area contributed by atoms with Gasteiger partial charge in [0.15, 0.2) is 0 Å². The normalized spacial score (nSPS) is 16.5. The molecule has 1 aromatic carbocycles. The lowest BCUT2D eigenvalue weighted by Crippen LogP contribution is -2.40. The van der Waals surface area contributed by atoms with E-state index >= 15 is 0 Å². The molecule has 5 heteroatoms. The van der Waals surface area contributed by atoms with Gasteiger partial charge in [0.1, 0.15) is 0 Å². The molecule has 2 heterocycles. The molecule has 1 N–H and O–H groups in total. The molecule has 4 nitrogen and oxygen atoms in total. The first-order chi connectivity index (χ1) is 13.7. The largest absolute Gasteiger partial charge is 0.334 e. The molecule has 1 aliphatic heterocycles. The summed E-state index contributed by atoms with van der Waals surface area (Å²) in [5, 5.41) is 3.46. The molecule has 29 heavy (non-hydrogen) atoms. The van der Waals surface area contributed by atoms with Crippen LogP contribution in [0.2, 0.25) is 0 Å². The van der Waals surface area contributed by atoms with Gasteiger partial charge in [-0.05, 0) is 76.2 Å². The summed E-state index contributed by atoms with van der Waals surface area (Å²) in [4.78, 5) is 19.6. The Balaban J connectivity index is 0.00000300. The maximum atomic E-state index is 13.1. The number of halogens is 1. The number of aryl methyl sites for hydroxylation is 2. The Kier molecular flexibility index (Phi) is 10.2. The van der Waals surface area contributed by atoms with Crippen LogP contribution in [-0.4, -0.2) is 34.9 Å². The second-order valence-corrected chi connectivity index (χ2v) is 7.87. The number of hydrogen-bond acceptors (Lipinski definition) is 3. The molecule has 0 saturated carbocycles. The molecular formula is C24H34ClN3O. The van der Waals surface area contributed by atoms with Gasteiger partial charge in [0.2, 0.25) is 5.91 Å². The molecule has 0 aliphatic carbocycles. The fourth-order valence-corrected chi connectivity index (χ4v) is 3.90. The molecule has 1 amide bonds. The number of nitrogens with one attached hydrogen (secondary N) is 1. The monoisotopic (exact) mass is 415 g/mol. The predicted octanol–water partition coefficient (Wildman–Crippen LogP) is 4.70. The van der Waals surface area contributed by atoms with Crippen molar-refractivity contribution < 1.29 is 4.79 Å². The zero-order valence-electron chi connectivity index (χ0n) is 17.5. The van der Waals surface area contributed by atoms with E-state index in [4.69, 9.17) is 0 Å². The average Bonchev–Trinajstić information content (AvgIpc) is 3.01. The SMILES string of the molecule is Cc1ccc(CCCCC(=O)N(Cc2ccccn2)C2CCCNCC2)cc1.Cl. The highest BCUT2D eigenvalue weighted by Gasteiger charge is 2.24. The summed E-state index contributed by atoms with van der Waals surface area (Å²) in [5.41, 5.74) is 3.63. The Morgan fingerprint density at radius 3 is 2.69 bits per heavy atom. The lowest BCUT2D eigenvalue weighted by atomic mass is 10.0. The van der Waals surface area contributed by atoms with Crippen molar-refractivity contribution in [3.8, 4) is 0 Å².